The molecule has 0 aliphatic carbocycles. The van der Waals surface area contributed by atoms with Gasteiger partial charge in [-0.1, -0.05) is 6.07 Å². The number of methoxy groups -OCH3 is 1. The molecule has 0 bridgehead atoms. The number of nitrogens with zero attached hydrogens (tertiary/aromatic N) is 1. The molecule has 0 aromatic heterocycles. The van der Waals surface area contributed by atoms with Gasteiger partial charge < -0.3 is 14.2 Å². The number of benzene rings is 1. The zero-order valence-corrected chi connectivity index (χ0v) is 11.1. The first-order valence-corrected chi connectivity index (χ1v) is 6.62. The molecule has 1 aromatic rings. The lowest BCUT2D eigenvalue weighted by Crippen LogP contribution is -2.41. The summed E-state index contributed by atoms with van der Waals surface area (Å²) in [7, 11) is 3.24. The largest absolute Gasteiger partial charge is 0.493 e. The van der Waals surface area contributed by atoms with Crippen molar-refractivity contribution in [2.24, 2.45) is 5.14 Å². The summed E-state index contributed by atoms with van der Waals surface area (Å²) in [5.41, 5.74) is 0. The zero-order chi connectivity index (χ0) is 13.1. The number of rotatable bonds is 4. The van der Waals surface area contributed by atoms with Crippen molar-refractivity contribution in [3.05, 3.63) is 18.2 Å². The van der Waals surface area contributed by atoms with E-state index in [0.29, 0.717) is 30.4 Å². The molecule has 6 nitrogen and oxygen atoms in total. The van der Waals surface area contributed by atoms with Crippen LogP contribution in [0.5, 0.6) is 17.2 Å². The maximum Gasteiger partial charge on any atom is 0.204 e. The number of nitrogens with two attached hydrogens (primary N) is 1. The molecule has 2 atom stereocenters. The highest BCUT2D eigenvalue weighted by Gasteiger charge is 2.25. The number of fused-ring (bicyclic) bond motifs is 1. The van der Waals surface area contributed by atoms with Crippen LogP contribution in [-0.4, -0.2) is 41.9 Å². The van der Waals surface area contributed by atoms with Crippen molar-refractivity contribution >= 4 is 11.2 Å². The van der Waals surface area contributed by atoms with Crippen LogP contribution >= 0.6 is 0 Å². The molecular formula is C11H16N2O4S. The van der Waals surface area contributed by atoms with Crippen molar-refractivity contribution in [2.45, 2.75) is 6.10 Å². The minimum atomic E-state index is -1.51. The summed E-state index contributed by atoms with van der Waals surface area (Å²) in [4.78, 5) is 0. The highest BCUT2D eigenvalue weighted by atomic mass is 32.2. The zero-order valence-electron chi connectivity index (χ0n) is 10.3. The third-order valence-corrected chi connectivity index (χ3v) is 3.40. The van der Waals surface area contributed by atoms with E-state index in [-0.39, 0.29) is 6.10 Å². The second-order valence-corrected chi connectivity index (χ2v) is 5.10. The van der Waals surface area contributed by atoms with Crippen LogP contribution in [0, 0.1) is 0 Å². The Kier molecular flexibility index (Phi) is 4.05. The van der Waals surface area contributed by atoms with Crippen LogP contribution in [0.4, 0.5) is 0 Å². The molecule has 0 radical (unpaired) electrons. The van der Waals surface area contributed by atoms with Gasteiger partial charge in [-0.3, -0.25) is 0 Å². The van der Waals surface area contributed by atoms with Crippen molar-refractivity contribution in [3.8, 4) is 17.2 Å². The van der Waals surface area contributed by atoms with Crippen molar-refractivity contribution in [1.82, 2.24) is 4.31 Å². The van der Waals surface area contributed by atoms with Gasteiger partial charge in [0.05, 0.1) is 13.7 Å². The van der Waals surface area contributed by atoms with Crippen LogP contribution in [0.1, 0.15) is 0 Å². The first-order chi connectivity index (χ1) is 8.61. The summed E-state index contributed by atoms with van der Waals surface area (Å²) in [5, 5.41) is 5.28. The average molecular weight is 272 g/mol. The van der Waals surface area contributed by atoms with Gasteiger partial charge >= 0.3 is 0 Å². The fraction of sp³-hybridized carbons (Fsp3) is 0.455. The molecule has 7 heteroatoms. The molecule has 1 heterocycles. The molecule has 1 aromatic carbocycles. The highest BCUT2D eigenvalue weighted by Crippen LogP contribution is 2.40. The third kappa shape index (κ3) is 2.74. The lowest BCUT2D eigenvalue weighted by Gasteiger charge is -2.29. The van der Waals surface area contributed by atoms with Crippen LogP contribution in [0.25, 0.3) is 0 Å². The van der Waals surface area contributed by atoms with E-state index in [1.54, 1.807) is 20.2 Å². The van der Waals surface area contributed by atoms with E-state index in [1.165, 1.54) is 4.31 Å². The first kappa shape index (κ1) is 13.1. The summed E-state index contributed by atoms with van der Waals surface area (Å²) in [6, 6.07) is 5.46. The fourth-order valence-corrected chi connectivity index (χ4v) is 2.03. The van der Waals surface area contributed by atoms with E-state index in [2.05, 4.69) is 0 Å². The fourth-order valence-electron chi connectivity index (χ4n) is 1.72. The number of likely N-dealkylation sites (N-methyl/N-ethyl adjacent to an activating group) is 1. The Morgan fingerprint density at radius 3 is 3.06 bits per heavy atom. The lowest BCUT2D eigenvalue weighted by molar-refractivity contribution is 0.0770. The Morgan fingerprint density at radius 2 is 2.39 bits per heavy atom. The van der Waals surface area contributed by atoms with Crippen LogP contribution in [0.2, 0.25) is 0 Å². The van der Waals surface area contributed by atoms with Gasteiger partial charge in [0.25, 0.3) is 0 Å². The maximum atomic E-state index is 11.1. The maximum absolute atomic E-state index is 11.1. The van der Waals surface area contributed by atoms with Crippen molar-refractivity contribution < 1.29 is 18.4 Å². The molecule has 0 saturated heterocycles. The van der Waals surface area contributed by atoms with Gasteiger partial charge in [-0.25, -0.2) is 13.7 Å². The minimum absolute atomic E-state index is 0.230. The van der Waals surface area contributed by atoms with E-state index in [1.807, 2.05) is 12.1 Å². The average Bonchev–Trinajstić information content (AvgIpc) is 2.37. The van der Waals surface area contributed by atoms with Crippen LogP contribution in [-0.2, 0) is 11.2 Å². The van der Waals surface area contributed by atoms with Gasteiger partial charge in [0.1, 0.15) is 12.7 Å². The number of ether oxygens (including phenoxy) is 3. The Balaban J connectivity index is 2.11. The summed E-state index contributed by atoms with van der Waals surface area (Å²) in [6.07, 6.45) is -0.230. The lowest BCUT2D eigenvalue weighted by atomic mass is 10.2. The van der Waals surface area contributed by atoms with E-state index >= 15 is 0 Å². The van der Waals surface area contributed by atoms with Crippen LogP contribution < -0.4 is 19.3 Å². The SMILES string of the molecule is COc1cccc2c1OC(CN(C)S(N)=O)CO2. The summed E-state index contributed by atoms with van der Waals surface area (Å²) < 4.78 is 29.2. The molecule has 0 saturated carbocycles. The van der Waals surface area contributed by atoms with E-state index in [4.69, 9.17) is 19.3 Å². The second-order valence-electron chi connectivity index (χ2n) is 3.93. The molecule has 2 unspecified atom stereocenters. The summed E-state index contributed by atoms with van der Waals surface area (Å²) >= 11 is -1.51. The molecule has 1 aliphatic heterocycles. The number of hydrogen-bond donors (Lipinski definition) is 1. The Bertz CT molecular complexity index is 440. The molecule has 0 fully saturated rings. The van der Waals surface area contributed by atoms with Gasteiger partial charge in [-0.15, -0.1) is 0 Å². The molecular weight excluding hydrogens is 256 g/mol. The Labute approximate surface area is 108 Å². The van der Waals surface area contributed by atoms with Gasteiger partial charge in [0, 0.05) is 7.05 Å². The first-order valence-electron chi connectivity index (χ1n) is 5.45. The van der Waals surface area contributed by atoms with Crippen LogP contribution in [0.15, 0.2) is 18.2 Å². The van der Waals surface area contributed by atoms with Gasteiger partial charge in [0.15, 0.2) is 22.7 Å². The minimum Gasteiger partial charge on any atom is -0.493 e. The third-order valence-electron chi connectivity index (χ3n) is 2.64. The molecule has 18 heavy (non-hydrogen) atoms. The highest BCUT2D eigenvalue weighted by molar-refractivity contribution is 7.80. The van der Waals surface area contributed by atoms with Crippen molar-refractivity contribution in [1.29, 1.82) is 0 Å². The normalized spacial score (nSPS) is 19.7. The van der Waals surface area contributed by atoms with E-state index in [0.717, 1.165) is 0 Å². The number of hydrogen-bond acceptors (Lipinski definition) is 4. The van der Waals surface area contributed by atoms with Gasteiger partial charge in [0.2, 0.25) is 5.75 Å². The Hall–Kier alpha value is -1.31. The molecule has 1 aliphatic rings. The molecule has 0 spiro atoms. The van der Waals surface area contributed by atoms with Crippen molar-refractivity contribution in [2.75, 3.05) is 27.3 Å². The predicted octanol–water partition coefficient (Wildman–Crippen LogP) is 0.304. The van der Waals surface area contributed by atoms with Crippen molar-refractivity contribution in [3.63, 3.8) is 0 Å². The van der Waals surface area contributed by atoms with E-state index < -0.39 is 11.2 Å². The number of para-hydroxylation sites is 1. The van der Waals surface area contributed by atoms with Gasteiger partial charge in [-0.05, 0) is 12.1 Å². The summed E-state index contributed by atoms with van der Waals surface area (Å²) in [5.74, 6) is 1.85. The molecule has 0 amide bonds. The molecule has 100 valence electrons. The van der Waals surface area contributed by atoms with Gasteiger partial charge in [-0.2, -0.15) is 0 Å². The predicted molar refractivity (Wildman–Crippen MR) is 67.9 cm³/mol. The molecule has 2 N–H and O–H groups in total. The topological polar surface area (TPSA) is 74.0 Å². The Morgan fingerprint density at radius 1 is 1.61 bits per heavy atom. The standard InChI is InChI=1S/C11H16N2O4S/c1-13(18(12)14)6-8-7-16-10-5-3-4-9(15-2)11(10)17-8/h3-5,8H,6-7,12H2,1-2H3. The quantitative estimate of drug-likeness (QED) is 0.855. The second kappa shape index (κ2) is 5.55. The smallest absolute Gasteiger partial charge is 0.204 e. The summed E-state index contributed by atoms with van der Waals surface area (Å²) in [6.45, 7) is 0.808. The van der Waals surface area contributed by atoms with Crippen LogP contribution in [0.3, 0.4) is 0 Å². The van der Waals surface area contributed by atoms with E-state index in [9.17, 15) is 4.21 Å². The monoisotopic (exact) mass is 272 g/mol. The molecule has 2 rings (SSSR count).